The molecule has 1 aliphatic carbocycles. The van der Waals surface area contributed by atoms with Gasteiger partial charge in [0.15, 0.2) is 0 Å². The van der Waals surface area contributed by atoms with Crippen LogP contribution in [0, 0.1) is 13.8 Å². The molecule has 0 atom stereocenters. The lowest BCUT2D eigenvalue weighted by Gasteiger charge is -2.34. The van der Waals surface area contributed by atoms with Crippen molar-refractivity contribution in [1.29, 1.82) is 0 Å². The minimum Gasteiger partial charge on any atom is -0.386 e. The number of hydrogen-bond acceptors (Lipinski definition) is 4. The quantitative estimate of drug-likeness (QED) is 0.146. The average Bonchev–Trinajstić information content (AvgIpc) is 3.39. The molecule has 0 spiro atoms. The molecule has 0 saturated heterocycles. The Balaban J connectivity index is 1.57. The molecule has 0 aliphatic heterocycles. The molecule has 39 heavy (non-hydrogen) atoms. The lowest BCUT2D eigenvalue weighted by molar-refractivity contribution is -0.290. The van der Waals surface area contributed by atoms with E-state index in [0.29, 0.717) is 13.2 Å². The summed E-state index contributed by atoms with van der Waals surface area (Å²) in [6.45, 7) is 11.9. The van der Waals surface area contributed by atoms with Crippen LogP contribution in [0.2, 0.25) is 0 Å². The van der Waals surface area contributed by atoms with Crippen molar-refractivity contribution < 1.29 is 14.9 Å². The first kappa shape index (κ1) is 29.2. The highest BCUT2D eigenvalue weighted by molar-refractivity contribution is 5.65. The van der Waals surface area contributed by atoms with E-state index in [1.165, 1.54) is 33.4 Å². The highest BCUT2D eigenvalue weighted by Crippen LogP contribution is 2.41. The zero-order valence-electron chi connectivity index (χ0n) is 24.4. The average molecular weight is 528 g/mol. The van der Waals surface area contributed by atoms with E-state index >= 15 is 0 Å². The third-order valence-corrected chi connectivity index (χ3v) is 8.63. The van der Waals surface area contributed by atoms with Crippen LogP contribution in [0.25, 0.3) is 17.3 Å². The zero-order valence-corrected chi connectivity index (χ0v) is 24.4. The molecule has 1 N–H and O–H groups in total. The molecule has 0 radical (unpaired) electrons. The summed E-state index contributed by atoms with van der Waals surface area (Å²) in [4.78, 5) is 14.8. The fourth-order valence-corrected chi connectivity index (χ4v) is 6.07. The van der Waals surface area contributed by atoms with Gasteiger partial charge in [-0.15, -0.1) is 0 Å². The van der Waals surface area contributed by atoms with Crippen LogP contribution in [0.15, 0.2) is 60.8 Å². The second-order valence-electron chi connectivity index (χ2n) is 11.1. The highest BCUT2D eigenvalue weighted by atomic mass is 17.2. The second kappa shape index (κ2) is 13.0. The summed E-state index contributed by atoms with van der Waals surface area (Å²) in [5.41, 5.74) is 8.97. The number of aromatic nitrogens is 1. The number of aryl methyl sites for hydroxylation is 2. The SMILES string of the molecule is CCOOCCc1ccc(-c2ccc(C(CC)(CC)c3ccc(/C=C/C4(O)CCCC4)c(C)c3)cc2C)nc1. The molecule has 208 valence electrons. The summed E-state index contributed by atoms with van der Waals surface area (Å²) in [7, 11) is 0. The molecule has 4 rings (SSSR count). The van der Waals surface area contributed by atoms with Gasteiger partial charge in [0.1, 0.15) is 0 Å². The molecule has 1 saturated carbocycles. The van der Waals surface area contributed by atoms with Gasteiger partial charge in [0, 0.05) is 23.6 Å². The number of aliphatic hydroxyl groups is 1. The summed E-state index contributed by atoms with van der Waals surface area (Å²) < 4.78 is 0. The van der Waals surface area contributed by atoms with Crippen molar-refractivity contribution in [3.63, 3.8) is 0 Å². The van der Waals surface area contributed by atoms with Crippen LogP contribution in [-0.2, 0) is 21.6 Å². The number of rotatable bonds is 12. The normalized spacial score (nSPS) is 15.3. The lowest BCUT2D eigenvalue weighted by atomic mass is 9.69. The minimum atomic E-state index is -0.631. The van der Waals surface area contributed by atoms with E-state index in [1.54, 1.807) is 0 Å². The Bertz CT molecular complexity index is 1250. The molecule has 4 heteroatoms. The molecule has 3 aromatic rings. The predicted octanol–water partition coefficient (Wildman–Crippen LogP) is 8.30. The van der Waals surface area contributed by atoms with E-state index in [-0.39, 0.29) is 5.41 Å². The lowest BCUT2D eigenvalue weighted by Crippen LogP contribution is -2.26. The van der Waals surface area contributed by atoms with E-state index in [4.69, 9.17) is 14.8 Å². The van der Waals surface area contributed by atoms with Crippen LogP contribution in [0.4, 0.5) is 0 Å². The third-order valence-electron chi connectivity index (χ3n) is 8.63. The largest absolute Gasteiger partial charge is 0.386 e. The van der Waals surface area contributed by atoms with Gasteiger partial charge >= 0.3 is 0 Å². The first-order chi connectivity index (χ1) is 18.8. The van der Waals surface area contributed by atoms with Crippen LogP contribution in [-0.4, -0.2) is 28.9 Å². The Labute approximate surface area is 235 Å². The highest BCUT2D eigenvalue weighted by Gasteiger charge is 2.32. The Morgan fingerprint density at radius 2 is 1.59 bits per heavy atom. The van der Waals surface area contributed by atoms with E-state index in [9.17, 15) is 5.11 Å². The molecular formula is C35H45NO3. The van der Waals surface area contributed by atoms with Crippen molar-refractivity contribution >= 4 is 6.08 Å². The van der Waals surface area contributed by atoms with Crippen molar-refractivity contribution in [2.24, 2.45) is 0 Å². The number of hydrogen-bond donors (Lipinski definition) is 1. The van der Waals surface area contributed by atoms with Crippen LogP contribution in [0.3, 0.4) is 0 Å². The maximum Gasteiger partial charge on any atom is 0.0863 e. The van der Waals surface area contributed by atoms with Crippen molar-refractivity contribution in [2.75, 3.05) is 13.2 Å². The Kier molecular flexibility index (Phi) is 9.76. The van der Waals surface area contributed by atoms with Crippen molar-refractivity contribution in [3.8, 4) is 11.3 Å². The van der Waals surface area contributed by atoms with Gasteiger partial charge in [-0.05, 0) is 85.9 Å². The topological polar surface area (TPSA) is 51.6 Å². The number of pyridine rings is 1. The summed E-state index contributed by atoms with van der Waals surface area (Å²) in [5, 5.41) is 10.7. The molecule has 0 bridgehead atoms. The van der Waals surface area contributed by atoms with Crippen molar-refractivity contribution in [2.45, 2.75) is 90.6 Å². The van der Waals surface area contributed by atoms with Crippen LogP contribution in [0.5, 0.6) is 0 Å². The Morgan fingerprint density at radius 1 is 0.897 bits per heavy atom. The third kappa shape index (κ3) is 6.69. The van der Waals surface area contributed by atoms with E-state index in [2.05, 4.69) is 82.3 Å². The fraction of sp³-hybridized carbons (Fsp3) is 0.457. The first-order valence-corrected chi connectivity index (χ1v) is 14.7. The van der Waals surface area contributed by atoms with Crippen LogP contribution in [0.1, 0.15) is 92.7 Å². The smallest absolute Gasteiger partial charge is 0.0863 e. The fourth-order valence-electron chi connectivity index (χ4n) is 6.07. The Hall–Kier alpha value is -2.79. The van der Waals surface area contributed by atoms with Crippen LogP contribution < -0.4 is 0 Å². The van der Waals surface area contributed by atoms with Gasteiger partial charge in [-0.1, -0.05) is 81.3 Å². The van der Waals surface area contributed by atoms with Crippen molar-refractivity contribution in [1.82, 2.24) is 4.98 Å². The van der Waals surface area contributed by atoms with Crippen molar-refractivity contribution in [3.05, 3.63) is 94.2 Å². The molecule has 0 amide bonds. The van der Waals surface area contributed by atoms with Gasteiger partial charge in [0.2, 0.25) is 0 Å². The van der Waals surface area contributed by atoms with Gasteiger partial charge in [-0.3, -0.25) is 4.98 Å². The summed E-state index contributed by atoms with van der Waals surface area (Å²) in [5.74, 6) is 0. The molecule has 0 unspecified atom stereocenters. The van der Waals surface area contributed by atoms with Gasteiger partial charge < -0.3 is 5.11 Å². The number of benzene rings is 2. The summed E-state index contributed by atoms with van der Waals surface area (Å²) in [6.07, 6.45) is 12.8. The molecule has 1 fully saturated rings. The number of nitrogens with zero attached hydrogens (tertiary/aromatic N) is 1. The molecular weight excluding hydrogens is 482 g/mol. The zero-order chi connectivity index (χ0) is 27.9. The van der Waals surface area contributed by atoms with Gasteiger partial charge in [-0.25, -0.2) is 9.78 Å². The second-order valence-corrected chi connectivity index (χ2v) is 11.1. The van der Waals surface area contributed by atoms with Gasteiger partial charge in [-0.2, -0.15) is 0 Å². The molecule has 4 nitrogen and oxygen atoms in total. The Morgan fingerprint density at radius 3 is 2.18 bits per heavy atom. The van der Waals surface area contributed by atoms with E-state index < -0.39 is 5.60 Å². The summed E-state index contributed by atoms with van der Waals surface area (Å²) in [6, 6.07) is 18.0. The predicted molar refractivity (Wildman–Crippen MR) is 161 cm³/mol. The van der Waals surface area contributed by atoms with Gasteiger partial charge in [0.25, 0.3) is 0 Å². The molecule has 1 aromatic heterocycles. The standard InChI is InChI=1S/C35H45NO3/c1-6-35(7-2,30-13-12-29(26(4)23-30)17-21-34(37)19-9-10-20-34)31-14-15-32(27(5)24-31)33-16-11-28(25-36-33)18-22-39-38-8-3/h11-17,21,23-25,37H,6-10,18-20,22H2,1-5H3/b21-17+. The van der Waals surface area contributed by atoms with E-state index in [1.807, 2.05) is 19.2 Å². The molecule has 2 aromatic carbocycles. The van der Waals surface area contributed by atoms with Gasteiger partial charge in [0.05, 0.1) is 24.5 Å². The van der Waals surface area contributed by atoms with Crippen LogP contribution >= 0.6 is 0 Å². The summed E-state index contributed by atoms with van der Waals surface area (Å²) >= 11 is 0. The maximum absolute atomic E-state index is 10.7. The first-order valence-electron chi connectivity index (χ1n) is 14.7. The minimum absolute atomic E-state index is 0.0577. The molecule has 1 heterocycles. The van der Waals surface area contributed by atoms with E-state index in [0.717, 1.165) is 56.2 Å². The monoisotopic (exact) mass is 527 g/mol. The molecule has 1 aliphatic rings. The maximum atomic E-state index is 10.7.